The highest BCUT2D eigenvalue weighted by molar-refractivity contribution is 5.71. The molecule has 0 aliphatic carbocycles. The summed E-state index contributed by atoms with van der Waals surface area (Å²) in [4.78, 5) is 37.8. The Bertz CT molecular complexity index is 1170. The van der Waals surface area contributed by atoms with Crippen molar-refractivity contribution < 1.29 is 28.6 Å². The molecule has 0 N–H and O–H groups in total. The summed E-state index contributed by atoms with van der Waals surface area (Å²) in [6.07, 6.45) is 60.1. The molecule has 0 aromatic heterocycles. The molecular weight excluding hydrogens is 733 g/mol. The molecule has 0 spiro atoms. The Balaban J connectivity index is 4.51. The van der Waals surface area contributed by atoms with Crippen molar-refractivity contribution in [3.63, 3.8) is 0 Å². The van der Waals surface area contributed by atoms with Crippen molar-refractivity contribution in [3.8, 4) is 0 Å². The summed E-state index contributed by atoms with van der Waals surface area (Å²) in [6, 6.07) is 0. The van der Waals surface area contributed by atoms with E-state index in [0.29, 0.717) is 19.3 Å². The van der Waals surface area contributed by atoms with Crippen molar-refractivity contribution in [2.75, 3.05) is 13.2 Å². The van der Waals surface area contributed by atoms with Crippen LogP contribution in [0.4, 0.5) is 0 Å². The van der Waals surface area contributed by atoms with Gasteiger partial charge in [0, 0.05) is 19.3 Å². The topological polar surface area (TPSA) is 78.9 Å². The van der Waals surface area contributed by atoms with Gasteiger partial charge >= 0.3 is 17.9 Å². The second kappa shape index (κ2) is 47.3. The molecule has 0 saturated carbocycles. The van der Waals surface area contributed by atoms with E-state index in [9.17, 15) is 14.4 Å². The fraction of sp³-hybridized carbons (Fsp3) is 0.679. The second-order valence-electron chi connectivity index (χ2n) is 15.6. The first-order valence-electron chi connectivity index (χ1n) is 24.1. The van der Waals surface area contributed by atoms with E-state index in [4.69, 9.17) is 14.2 Å². The molecule has 336 valence electrons. The first-order chi connectivity index (χ1) is 29.0. The van der Waals surface area contributed by atoms with Gasteiger partial charge in [-0.25, -0.2) is 0 Å². The zero-order valence-electron chi connectivity index (χ0n) is 38.2. The fourth-order valence-electron chi connectivity index (χ4n) is 6.28. The zero-order valence-corrected chi connectivity index (χ0v) is 38.2. The van der Waals surface area contributed by atoms with Gasteiger partial charge in [-0.05, 0) is 83.5 Å². The molecule has 0 heterocycles. The van der Waals surface area contributed by atoms with Crippen LogP contribution < -0.4 is 0 Å². The van der Waals surface area contributed by atoms with E-state index in [0.717, 1.165) is 70.6 Å². The molecular formula is C53H88O6. The molecule has 0 bridgehead atoms. The highest BCUT2D eigenvalue weighted by Crippen LogP contribution is 2.14. The molecule has 0 aromatic rings. The predicted octanol–water partition coefficient (Wildman–Crippen LogP) is 15.6. The quantitative estimate of drug-likeness (QED) is 0.0264. The summed E-state index contributed by atoms with van der Waals surface area (Å²) in [5.41, 5.74) is 0. The van der Waals surface area contributed by atoms with Crippen LogP contribution in [0.3, 0.4) is 0 Å². The van der Waals surface area contributed by atoms with Gasteiger partial charge in [0.1, 0.15) is 13.2 Å². The van der Waals surface area contributed by atoms with Crippen molar-refractivity contribution in [2.24, 2.45) is 0 Å². The number of allylic oxidation sites excluding steroid dienone is 14. The molecule has 0 aliphatic rings. The Hall–Kier alpha value is -3.41. The third-order valence-electron chi connectivity index (χ3n) is 9.88. The third-order valence-corrected chi connectivity index (χ3v) is 9.88. The minimum atomic E-state index is -0.815. The molecule has 0 aliphatic heterocycles. The van der Waals surface area contributed by atoms with Gasteiger partial charge in [0.25, 0.3) is 0 Å². The number of esters is 3. The maximum absolute atomic E-state index is 12.7. The summed E-state index contributed by atoms with van der Waals surface area (Å²) in [5.74, 6) is -1.03. The summed E-state index contributed by atoms with van der Waals surface area (Å²) in [6.45, 7) is 6.38. The number of hydrogen-bond acceptors (Lipinski definition) is 6. The molecule has 0 fully saturated rings. The molecule has 59 heavy (non-hydrogen) atoms. The molecule has 0 amide bonds. The van der Waals surface area contributed by atoms with Crippen LogP contribution in [0.25, 0.3) is 0 Å². The van der Waals surface area contributed by atoms with Crippen molar-refractivity contribution in [1.82, 2.24) is 0 Å². The lowest BCUT2D eigenvalue weighted by molar-refractivity contribution is -0.167. The van der Waals surface area contributed by atoms with Gasteiger partial charge in [-0.2, -0.15) is 0 Å². The standard InChI is InChI=1S/C53H88O6/c1-4-7-10-13-16-19-22-24-25-26-27-29-31-34-37-40-43-46-52(55)58-49-50(48-57-51(54)45-42-39-36-33-30-21-18-15-12-9-6-3)59-53(56)47-44-41-38-35-32-28-23-20-17-14-11-8-5-2/h9,12,16,18-19,21,24-25,27,29,33-34,36-37,50H,4-8,10-11,13-15,17,20,22-23,26,28,30-32,35,38-49H2,1-3H3/b12-9-,19-16-,21-18-,25-24-,29-27-,36-33-,37-34-. The van der Waals surface area contributed by atoms with E-state index >= 15 is 0 Å². The summed E-state index contributed by atoms with van der Waals surface area (Å²) < 4.78 is 16.6. The summed E-state index contributed by atoms with van der Waals surface area (Å²) in [7, 11) is 0. The van der Waals surface area contributed by atoms with E-state index in [1.165, 1.54) is 89.9 Å². The smallest absolute Gasteiger partial charge is 0.306 e. The lowest BCUT2D eigenvalue weighted by atomic mass is 10.0. The number of hydrogen-bond donors (Lipinski definition) is 0. The Morgan fingerprint density at radius 2 is 0.678 bits per heavy atom. The average molecular weight is 821 g/mol. The molecule has 0 rings (SSSR count). The van der Waals surface area contributed by atoms with Crippen LogP contribution in [0.1, 0.15) is 213 Å². The predicted molar refractivity (Wildman–Crippen MR) is 251 cm³/mol. The number of unbranched alkanes of at least 4 members (excludes halogenated alkanes) is 17. The van der Waals surface area contributed by atoms with Crippen LogP contribution >= 0.6 is 0 Å². The molecule has 6 nitrogen and oxygen atoms in total. The van der Waals surface area contributed by atoms with Crippen molar-refractivity contribution in [1.29, 1.82) is 0 Å². The maximum atomic E-state index is 12.7. The largest absolute Gasteiger partial charge is 0.462 e. The van der Waals surface area contributed by atoms with Gasteiger partial charge < -0.3 is 14.2 Å². The van der Waals surface area contributed by atoms with Gasteiger partial charge in [0.15, 0.2) is 6.10 Å². The van der Waals surface area contributed by atoms with Crippen molar-refractivity contribution >= 4 is 17.9 Å². The summed E-state index contributed by atoms with van der Waals surface area (Å²) in [5, 5.41) is 0. The summed E-state index contributed by atoms with van der Waals surface area (Å²) >= 11 is 0. The SMILES string of the molecule is CC/C=C\C/C=C\C/C=C\CCCC(=O)OCC(COC(=O)CCC/C=C\C/C=C\C/C=C\C/C=C\CCCCC)OC(=O)CCCCCCCCCCCCCCC. The van der Waals surface area contributed by atoms with E-state index in [-0.39, 0.29) is 44.0 Å². The Morgan fingerprint density at radius 1 is 0.356 bits per heavy atom. The van der Waals surface area contributed by atoms with Crippen LogP contribution in [-0.2, 0) is 28.6 Å². The molecule has 0 saturated heterocycles. The maximum Gasteiger partial charge on any atom is 0.306 e. The Labute approximate surface area is 363 Å². The molecule has 1 atom stereocenters. The minimum Gasteiger partial charge on any atom is -0.462 e. The number of rotatable bonds is 42. The second-order valence-corrected chi connectivity index (χ2v) is 15.6. The molecule has 6 heteroatoms. The monoisotopic (exact) mass is 821 g/mol. The molecule has 0 radical (unpaired) electrons. The first-order valence-corrected chi connectivity index (χ1v) is 24.1. The molecule has 0 aromatic carbocycles. The average Bonchev–Trinajstić information content (AvgIpc) is 3.23. The van der Waals surface area contributed by atoms with E-state index < -0.39 is 6.10 Å². The van der Waals surface area contributed by atoms with Gasteiger partial charge in [0.2, 0.25) is 0 Å². The van der Waals surface area contributed by atoms with E-state index in [1.807, 2.05) is 0 Å². The van der Waals surface area contributed by atoms with Gasteiger partial charge in [-0.15, -0.1) is 0 Å². The normalized spacial score (nSPS) is 12.8. The van der Waals surface area contributed by atoms with Crippen molar-refractivity contribution in [3.05, 3.63) is 85.1 Å². The highest BCUT2D eigenvalue weighted by atomic mass is 16.6. The van der Waals surface area contributed by atoms with Crippen LogP contribution in [0.15, 0.2) is 85.1 Å². The van der Waals surface area contributed by atoms with Crippen LogP contribution in [-0.4, -0.2) is 37.2 Å². The van der Waals surface area contributed by atoms with Crippen LogP contribution in [0.5, 0.6) is 0 Å². The fourth-order valence-corrected chi connectivity index (χ4v) is 6.28. The zero-order chi connectivity index (χ0) is 43.0. The van der Waals surface area contributed by atoms with E-state index in [1.54, 1.807) is 0 Å². The minimum absolute atomic E-state index is 0.119. The van der Waals surface area contributed by atoms with Gasteiger partial charge in [0.05, 0.1) is 0 Å². The lowest BCUT2D eigenvalue weighted by Gasteiger charge is -2.18. The third kappa shape index (κ3) is 45.5. The number of carbonyl (C=O) groups is 3. The highest BCUT2D eigenvalue weighted by Gasteiger charge is 2.19. The molecule has 1 unspecified atom stereocenters. The Morgan fingerprint density at radius 3 is 1.08 bits per heavy atom. The van der Waals surface area contributed by atoms with Crippen molar-refractivity contribution in [2.45, 2.75) is 219 Å². The van der Waals surface area contributed by atoms with E-state index in [2.05, 4.69) is 106 Å². The number of ether oxygens (including phenoxy) is 3. The van der Waals surface area contributed by atoms with Gasteiger partial charge in [-0.1, -0.05) is 196 Å². The van der Waals surface area contributed by atoms with Crippen LogP contribution in [0, 0.1) is 0 Å². The lowest BCUT2D eigenvalue weighted by Crippen LogP contribution is -2.30. The first kappa shape index (κ1) is 55.6. The Kier molecular flexibility index (Phi) is 44.5. The van der Waals surface area contributed by atoms with Crippen LogP contribution in [0.2, 0.25) is 0 Å². The van der Waals surface area contributed by atoms with Gasteiger partial charge in [-0.3, -0.25) is 14.4 Å². The number of carbonyl (C=O) groups excluding carboxylic acids is 3.